The van der Waals surface area contributed by atoms with Gasteiger partial charge in [-0.3, -0.25) is 4.79 Å². The van der Waals surface area contributed by atoms with Crippen molar-refractivity contribution in [3.8, 4) is 22.5 Å². The Hall–Kier alpha value is -3.08. The number of aromatic nitrogens is 2. The summed E-state index contributed by atoms with van der Waals surface area (Å²) in [4.78, 5) is 17.8. The number of nitrogens with zero attached hydrogens (tertiary/aromatic N) is 2. The summed E-state index contributed by atoms with van der Waals surface area (Å²) in [6.07, 6.45) is 10.5. The monoisotopic (exact) mass is 435 g/mol. The zero-order valence-corrected chi connectivity index (χ0v) is 17.8. The van der Waals surface area contributed by atoms with Crippen LogP contribution in [0.25, 0.3) is 22.5 Å². The van der Waals surface area contributed by atoms with E-state index in [9.17, 15) is 4.79 Å². The molecule has 30 heavy (non-hydrogen) atoms. The highest BCUT2D eigenvalue weighted by Crippen LogP contribution is 2.33. The topological polar surface area (TPSA) is 46.9 Å². The minimum absolute atomic E-state index is 0.272. The summed E-state index contributed by atoms with van der Waals surface area (Å²) in [6.45, 7) is 0. The molecule has 0 radical (unpaired) electrons. The first-order chi connectivity index (χ1) is 14.5. The molecule has 0 spiro atoms. The van der Waals surface area contributed by atoms with E-state index < -0.39 is 0 Å². The van der Waals surface area contributed by atoms with Gasteiger partial charge in [0.05, 0.1) is 11.4 Å². The summed E-state index contributed by atoms with van der Waals surface area (Å²) in [5, 5.41) is 4.23. The Bertz CT molecular complexity index is 1170. The summed E-state index contributed by atoms with van der Waals surface area (Å²) >= 11 is 12.1. The zero-order valence-electron chi connectivity index (χ0n) is 16.3. The van der Waals surface area contributed by atoms with Crippen LogP contribution in [0.1, 0.15) is 17.0 Å². The average Bonchev–Trinajstić information content (AvgIpc) is 2.89. The van der Waals surface area contributed by atoms with Crippen LogP contribution in [0, 0.1) is 0 Å². The second kappa shape index (κ2) is 8.74. The lowest BCUT2D eigenvalue weighted by Crippen LogP contribution is -2.25. The quantitative estimate of drug-likeness (QED) is 0.530. The molecule has 6 heteroatoms. The minimum Gasteiger partial charge on any atom is -0.322 e. The summed E-state index contributed by atoms with van der Waals surface area (Å²) in [5.74, 6) is 0.0436. The van der Waals surface area contributed by atoms with Crippen molar-refractivity contribution in [1.29, 1.82) is 0 Å². The summed E-state index contributed by atoms with van der Waals surface area (Å²) in [5.41, 5.74) is 4.06. The normalized spacial score (nSPS) is 13.1. The van der Waals surface area contributed by atoms with Gasteiger partial charge in [-0.05, 0) is 36.8 Å². The fourth-order valence-electron chi connectivity index (χ4n) is 3.31. The molecule has 1 aromatic heterocycles. The van der Waals surface area contributed by atoms with E-state index in [1.807, 2.05) is 90.5 Å². The Morgan fingerprint density at radius 3 is 2.27 bits per heavy atom. The molecular formula is C24H19Cl2N3O. The smallest absolute Gasteiger partial charge is 0.291 e. The zero-order chi connectivity index (χ0) is 21.1. The van der Waals surface area contributed by atoms with E-state index in [4.69, 9.17) is 28.2 Å². The van der Waals surface area contributed by atoms with Gasteiger partial charge in [-0.2, -0.15) is 0 Å². The molecule has 0 aliphatic heterocycles. The van der Waals surface area contributed by atoms with Gasteiger partial charge in [-0.15, -0.1) is 0 Å². The maximum absolute atomic E-state index is 13.1. The Balaban J connectivity index is 1.79. The van der Waals surface area contributed by atoms with E-state index in [0.717, 1.165) is 28.9 Å². The van der Waals surface area contributed by atoms with E-state index in [-0.39, 0.29) is 5.91 Å². The first-order valence-corrected chi connectivity index (χ1v) is 10.2. The van der Waals surface area contributed by atoms with E-state index in [0.29, 0.717) is 21.6 Å². The van der Waals surface area contributed by atoms with Crippen molar-refractivity contribution >= 4 is 29.1 Å². The summed E-state index contributed by atoms with van der Waals surface area (Å²) in [7, 11) is 1.84. The second-order valence-corrected chi connectivity index (χ2v) is 7.71. The molecule has 0 saturated heterocycles. The van der Waals surface area contributed by atoms with Crippen LogP contribution in [-0.2, 0) is 7.05 Å². The summed E-state index contributed by atoms with van der Waals surface area (Å²) < 4.78 is 1.81. The first-order valence-electron chi connectivity index (χ1n) is 9.46. The standard InChI is InChI=1S/C24H19Cl2N3O/c1-29-22(17-10-14-19(26)15-11-17)21(16-8-12-18(25)13-9-16)28-23(29)24(30)27-20-6-4-2-3-5-7-20/h2-4,6-15H,5H2,1H3,(H,27,30). The lowest BCUT2D eigenvalue weighted by molar-refractivity contribution is 0.0954. The summed E-state index contributed by atoms with van der Waals surface area (Å²) in [6, 6.07) is 14.9. The Labute approximate surface area is 185 Å². The number of hydrogen-bond acceptors (Lipinski definition) is 2. The predicted molar refractivity (Wildman–Crippen MR) is 123 cm³/mol. The van der Waals surface area contributed by atoms with Gasteiger partial charge in [-0.25, -0.2) is 4.98 Å². The van der Waals surface area contributed by atoms with Crippen molar-refractivity contribution in [2.75, 3.05) is 0 Å². The van der Waals surface area contributed by atoms with Gasteiger partial charge in [-0.1, -0.05) is 71.8 Å². The highest BCUT2D eigenvalue weighted by atomic mass is 35.5. The molecule has 0 fully saturated rings. The van der Waals surface area contributed by atoms with Gasteiger partial charge in [0.15, 0.2) is 5.82 Å². The highest BCUT2D eigenvalue weighted by Gasteiger charge is 2.22. The van der Waals surface area contributed by atoms with Gasteiger partial charge in [0.1, 0.15) is 0 Å². The molecule has 4 nitrogen and oxygen atoms in total. The van der Waals surface area contributed by atoms with Crippen LogP contribution in [0.3, 0.4) is 0 Å². The van der Waals surface area contributed by atoms with Crippen molar-refractivity contribution in [3.05, 3.63) is 100 Å². The number of rotatable bonds is 4. The molecule has 1 heterocycles. The molecule has 0 saturated carbocycles. The molecule has 3 aromatic rings. The molecule has 1 aliphatic rings. The van der Waals surface area contributed by atoms with Gasteiger partial charge in [0, 0.05) is 33.9 Å². The van der Waals surface area contributed by atoms with E-state index in [1.165, 1.54) is 0 Å². The highest BCUT2D eigenvalue weighted by molar-refractivity contribution is 6.31. The van der Waals surface area contributed by atoms with Crippen molar-refractivity contribution < 1.29 is 4.79 Å². The maximum atomic E-state index is 13.1. The third-order valence-electron chi connectivity index (χ3n) is 4.79. The molecule has 150 valence electrons. The van der Waals surface area contributed by atoms with Crippen LogP contribution in [0.15, 0.2) is 84.6 Å². The largest absolute Gasteiger partial charge is 0.322 e. The fourth-order valence-corrected chi connectivity index (χ4v) is 3.56. The van der Waals surface area contributed by atoms with E-state index >= 15 is 0 Å². The number of hydrogen-bond donors (Lipinski definition) is 1. The van der Waals surface area contributed by atoms with Crippen molar-refractivity contribution in [1.82, 2.24) is 14.9 Å². The number of amides is 1. The van der Waals surface area contributed by atoms with Gasteiger partial charge in [0.2, 0.25) is 0 Å². The second-order valence-electron chi connectivity index (χ2n) is 6.84. The minimum atomic E-state index is -0.272. The molecule has 4 rings (SSSR count). The van der Waals surface area contributed by atoms with Gasteiger partial charge in [0.25, 0.3) is 5.91 Å². The third kappa shape index (κ3) is 4.25. The van der Waals surface area contributed by atoms with Crippen LogP contribution >= 0.6 is 23.2 Å². The number of halogens is 2. The molecule has 1 aliphatic carbocycles. The van der Waals surface area contributed by atoms with Crippen LogP contribution in [0.2, 0.25) is 10.0 Å². The Morgan fingerprint density at radius 2 is 1.60 bits per heavy atom. The average molecular weight is 436 g/mol. The number of benzene rings is 2. The number of allylic oxidation sites excluding steroid dienone is 5. The molecule has 0 atom stereocenters. The number of imidazole rings is 1. The van der Waals surface area contributed by atoms with Crippen molar-refractivity contribution in [3.63, 3.8) is 0 Å². The number of carbonyl (C=O) groups excluding carboxylic acids is 1. The van der Waals surface area contributed by atoms with Crippen molar-refractivity contribution in [2.45, 2.75) is 6.42 Å². The fraction of sp³-hybridized carbons (Fsp3) is 0.0833. The van der Waals surface area contributed by atoms with Crippen LogP contribution < -0.4 is 5.32 Å². The molecular weight excluding hydrogens is 417 g/mol. The van der Waals surface area contributed by atoms with Crippen molar-refractivity contribution in [2.24, 2.45) is 7.05 Å². The van der Waals surface area contributed by atoms with Crippen LogP contribution in [0.4, 0.5) is 0 Å². The lowest BCUT2D eigenvalue weighted by Gasteiger charge is -2.09. The molecule has 0 unspecified atom stereocenters. The lowest BCUT2D eigenvalue weighted by atomic mass is 10.0. The first kappa shape index (κ1) is 20.2. The van der Waals surface area contributed by atoms with Gasteiger partial charge < -0.3 is 9.88 Å². The van der Waals surface area contributed by atoms with E-state index in [1.54, 1.807) is 0 Å². The molecule has 1 amide bonds. The number of nitrogens with one attached hydrogen (secondary N) is 1. The molecule has 1 N–H and O–H groups in total. The van der Waals surface area contributed by atoms with Crippen LogP contribution in [0.5, 0.6) is 0 Å². The predicted octanol–water partition coefficient (Wildman–Crippen LogP) is 6.19. The Kier molecular flexibility index (Phi) is 5.88. The molecule has 2 aromatic carbocycles. The van der Waals surface area contributed by atoms with E-state index in [2.05, 4.69) is 5.32 Å². The SMILES string of the molecule is Cn1c(C(=O)NC2=CCC=CC=C2)nc(-c2ccc(Cl)cc2)c1-c1ccc(Cl)cc1. The Morgan fingerprint density at radius 1 is 0.967 bits per heavy atom. The van der Waals surface area contributed by atoms with Gasteiger partial charge >= 0.3 is 0 Å². The number of carbonyl (C=O) groups is 1. The molecule has 0 bridgehead atoms. The maximum Gasteiger partial charge on any atom is 0.291 e. The van der Waals surface area contributed by atoms with Crippen LogP contribution in [-0.4, -0.2) is 15.5 Å². The third-order valence-corrected chi connectivity index (χ3v) is 5.29.